The number of nitrogens with zero attached hydrogens (tertiary/aromatic N) is 3. The number of hydrogen-bond donors (Lipinski definition) is 1. The van der Waals surface area contributed by atoms with E-state index < -0.39 is 0 Å². The molecular formula is C21H24Cl2N4O. The van der Waals surface area contributed by atoms with Gasteiger partial charge in [-0.3, -0.25) is 4.79 Å². The van der Waals surface area contributed by atoms with Crippen molar-refractivity contribution in [1.29, 1.82) is 0 Å². The van der Waals surface area contributed by atoms with Crippen molar-refractivity contribution in [2.45, 2.75) is 45.3 Å². The molecule has 3 rings (SSSR count). The van der Waals surface area contributed by atoms with Crippen molar-refractivity contribution in [3.8, 4) is 0 Å². The SMILES string of the molecule is C=CCC(CC=C)n1c(CC)nc2c1C(=O)NC(C)N2c1ccc(Cl)cc1Cl. The molecule has 0 bridgehead atoms. The third kappa shape index (κ3) is 3.56. The summed E-state index contributed by atoms with van der Waals surface area (Å²) in [6.07, 6.45) is 5.54. The fraction of sp³-hybridized carbons (Fsp3) is 0.333. The minimum absolute atomic E-state index is 0.0305. The number of fused-ring (bicyclic) bond motifs is 1. The van der Waals surface area contributed by atoms with Gasteiger partial charge in [-0.25, -0.2) is 4.98 Å². The molecule has 0 fully saturated rings. The number of aromatic nitrogens is 2. The van der Waals surface area contributed by atoms with Crippen LogP contribution in [0, 0.1) is 0 Å². The van der Waals surface area contributed by atoms with Gasteiger partial charge in [0.25, 0.3) is 5.91 Å². The number of benzene rings is 1. The van der Waals surface area contributed by atoms with Gasteiger partial charge in [0, 0.05) is 17.5 Å². The molecule has 0 aliphatic carbocycles. The Hall–Kier alpha value is -2.24. The summed E-state index contributed by atoms with van der Waals surface area (Å²) < 4.78 is 2.02. The van der Waals surface area contributed by atoms with E-state index >= 15 is 0 Å². The second-order valence-electron chi connectivity index (χ2n) is 6.74. The number of hydrogen-bond acceptors (Lipinski definition) is 3. The van der Waals surface area contributed by atoms with Crippen LogP contribution >= 0.6 is 23.2 Å². The Morgan fingerprint density at radius 3 is 2.54 bits per heavy atom. The zero-order valence-electron chi connectivity index (χ0n) is 16.1. The van der Waals surface area contributed by atoms with Gasteiger partial charge in [-0.15, -0.1) is 13.2 Å². The van der Waals surface area contributed by atoms with Gasteiger partial charge < -0.3 is 14.8 Å². The number of carbonyl (C=O) groups is 1. The van der Waals surface area contributed by atoms with Crippen molar-refractivity contribution in [3.05, 3.63) is 65.1 Å². The molecule has 1 aromatic carbocycles. The van der Waals surface area contributed by atoms with Gasteiger partial charge in [-0.2, -0.15) is 0 Å². The summed E-state index contributed by atoms with van der Waals surface area (Å²) in [4.78, 5) is 19.8. The van der Waals surface area contributed by atoms with Gasteiger partial charge in [0.15, 0.2) is 11.5 Å². The highest BCUT2D eigenvalue weighted by Gasteiger charge is 2.37. The monoisotopic (exact) mass is 418 g/mol. The summed E-state index contributed by atoms with van der Waals surface area (Å²) >= 11 is 12.5. The molecule has 1 unspecified atom stereocenters. The van der Waals surface area contributed by atoms with E-state index in [1.165, 1.54) is 0 Å². The van der Waals surface area contributed by atoms with Crippen molar-refractivity contribution in [3.63, 3.8) is 0 Å². The van der Waals surface area contributed by atoms with Crippen LogP contribution in [-0.2, 0) is 6.42 Å². The highest BCUT2D eigenvalue weighted by molar-refractivity contribution is 6.36. The minimum atomic E-state index is -0.302. The third-order valence-electron chi connectivity index (χ3n) is 4.86. The second-order valence-corrected chi connectivity index (χ2v) is 7.59. The molecule has 7 heteroatoms. The Morgan fingerprint density at radius 1 is 1.29 bits per heavy atom. The lowest BCUT2D eigenvalue weighted by Crippen LogP contribution is -2.49. The average Bonchev–Trinajstić information content (AvgIpc) is 3.03. The maximum atomic E-state index is 13.0. The highest BCUT2D eigenvalue weighted by Crippen LogP contribution is 2.40. The van der Waals surface area contributed by atoms with E-state index in [1.807, 2.05) is 41.5 Å². The van der Waals surface area contributed by atoms with Crippen molar-refractivity contribution in [2.24, 2.45) is 0 Å². The fourth-order valence-corrected chi connectivity index (χ4v) is 4.18. The van der Waals surface area contributed by atoms with Crippen LogP contribution in [0.25, 0.3) is 0 Å². The van der Waals surface area contributed by atoms with Crippen LogP contribution in [-0.4, -0.2) is 21.6 Å². The van der Waals surface area contributed by atoms with Gasteiger partial charge in [0.1, 0.15) is 12.0 Å². The second kappa shape index (κ2) is 8.41. The number of nitrogens with one attached hydrogen (secondary N) is 1. The van der Waals surface area contributed by atoms with Crippen LogP contribution in [0.5, 0.6) is 0 Å². The van der Waals surface area contributed by atoms with Gasteiger partial charge in [-0.1, -0.05) is 42.3 Å². The summed E-state index contributed by atoms with van der Waals surface area (Å²) in [6, 6.07) is 5.35. The van der Waals surface area contributed by atoms with Gasteiger partial charge in [0.05, 0.1) is 10.7 Å². The maximum Gasteiger partial charge on any atom is 0.273 e. The first-order chi connectivity index (χ1) is 13.4. The molecule has 0 saturated carbocycles. The Balaban J connectivity index is 2.22. The summed E-state index contributed by atoms with van der Waals surface area (Å²) in [5.74, 6) is 1.31. The molecule has 1 aliphatic rings. The number of imidazole rings is 1. The van der Waals surface area contributed by atoms with Crippen molar-refractivity contribution < 1.29 is 4.79 Å². The van der Waals surface area contributed by atoms with Crippen LogP contribution in [0.1, 0.15) is 49.0 Å². The van der Waals surface area contributed by atoms with Crippen molar-refractivity contribution in [2.75, 3.05) is 4.90 Å². The summed E-state index contributed by atoms with van der Waals surface area (Å²) in [6.45, 7) is 11.7. The van der Waals surface area contributed by atoms with E-state index in [4.69, 9.17) is 28.2 Å². The van der Waals surface area contributed by atoms with Crippen LogP contribution < -0.4 is 10.2 Å². The Bertz CT molecular complexity index is 911. The first-order valence-corrected chi connectivity index (χ1v) is 10.1. The summed E-state index contributed by atoms with van der Waals surface area (Å²) in [5.41, 5.74) is 1.28. The number of anilines is 2. The first kappa shape index (κ1) is 20.5. The smallest absolute Gasteiger partial charge is 0.273 e. The molecule has 2 heterocycles. The van der Waals surface area contributed by atoms with Crippen LogP contribution in [0.15, 0.2) is 43.5 Å². The third-order valence-corrected chi connectivity index (χ3v) is 5.40. The lowest BCUT2D eigenvalue weighted by atomic mass is 10.1. The van der Waals surface area contributed by atoms with E-state index in [0.717, 1.165) is 11.5 Å². The molecule has 1 amide bonds. The van der Waals surface area contributed by atoms with Crippen LogP contribution in [0.3, 0.4) is 0 Å². The molecule has 28 heavy (non-hydrogen) atoms. The lowest BCUT2D eigenvalue weighted by molar-refractivity contribution is 0.0921. The molecule has 1 aromatic heterocycles. The zero-order valence-corrected chi connectivity index (χ0v) is 17.6. The predicted molar refractivity (Wildman–Crippen MR) is 116 cm³/mol. The standard InChI is InChI=1S/C21H24Cl2N4O/c1-5-8-15(9-6-2)27-18(7-3)25-20-19(27)21(28)24-13(4)26(20)17-11-10-14(22)12-16(17)23/h5-6,10-13,15H,1-2,7-9H2,3-4H3,(H,24,28). The number of halogens is 2. The molecule has 0 spiro atoms. The summed E-state index contributed by atoms with van der Waals surface area (Å²) in [7, 11) is 0. The molecule has 1 atom stereocenters. The Morgan fingerprint density at radius 2 is 1.96 bits per heavy atom. The van der Waals surface area contributed by atoms with E-state index in [2.05, 4.69) is 18.5 Å². The largest absolute Gasteiger partial charge is 0.330 e. The maximum absolute atomic E-state index is 13.0. The predicted octanol–water partition coefficient (Wildman–Crippen LogP) is 5.67. The van der Waals surface area contributed by atoms with Crippen LogP contribution in [0.2, 0.25) is 10.0 Å². The summed E-state index contributed by atoms with van der Waals surface area (Å²) in [5, 5.41) is 4.08. The quantitative estimate of drug-likeness (QED) is 0.588. The number of allylic oxidation sites excluding steroid dienone is 2. The minimum Gasteiger partial charge on any atom is -0.330 e. The van der Waals surface area contributed by atoms with Crippen LogP contribution in [0.4, 0.5) is 11.5 Å². The molecule has 1 aliphatic heterocycles. The van der Waals surface area contributed by atoms with Gasteiger partial charge in [-0.05, 0) is 38.0 Å². The van der Waals surface area contributed by atoms with E-state index in [-0.39, 0.29) is 18.1 Å². The van der Waals surface area contributed by atoms with Crippen molar-refractivity contribution in [1.82, 2.24) is 14.9 Å². The fourth-order valence-electron chi connectivity index (χ4n) is 3.68. The van der Waals surface area contributed by atoms with E-state index in [1.54, 1.807) is 12.1 Å². The number of carbonyl (C=O) groups excluding carboxylic acids is 1. The highest BCUT2D eigenvalue weighted by atomic mass is 35.5. The van der Waals surface area contributed by atoms with Gasteiger partial charge >= 0.3 is 0 Å². The molecule has 1 N–H and O–H groups in total. The number of rotatable bonds is 7. The lowest BCUT2D eigenvalue weighted by Gasteiger charge is -2.35. The van der Waals surface area contributed by atoms with E-state index in [0.29, 0.717) is 40.8 Å². The molecule has 5 nitrogen and oxygen atoms in total. The Labute approximate surface area is 175 Å². The normalized spacial score (nSPS) is 16.1. The molecule has 0 radical (unpaired) electrons. The van der Waals surface area contributed by atoms with Crippen molar-refractivity contribution >= 4 is 40.6 Å². The molecule has 0 saturated heterocycles. The molecular weight excluding hydrogens is 395 g/mol. The Kier molecular flexibility index (Phi) is 6.16. The zero-order chi connectivity index (χ0) is 20.4. The topological polar surface area (TPSA) is 50.2 Å². The van der Waals surface area contributed by atoms with E-state index in [9.17, 15) is 4.79 Å². The number of amides is 1. The molecule has 148 valence electrons. The molecule has 2 aromatic rings. The number of aryl methyl sites for hydroxylation is 1. The average molecular weight is 419 g/mol. The first-order valence-electron chi connectivity index (χ1n) is 9.30. The van der Waals surface area contributed by atoms with Gasteiger partial charge in [0.2, 0.25) is 0 Å².